The van der Waals surface area contributed by atoms with E-state index >= 15 is 0 Å². The van der Waals surface area contributed by atoms with Crippen LogP contribution < -0.4 is 0 Å². The van der Waals surface area contributed by atoms with Crippen molar-refractivity contribution in [3.63, 3.8) is 0 Å². The molecule has 31 heavy (non-hydrogen) atoms. The van der Waals surface area contributed by atoms with Gasteiger partial charge in [-0.25, -0.2) is 0 Å². The minimum Gasteiger partial charge on any atom is -0.389 e. The van der Waals surface area contributed by atoms with Gasteiger partial charge in [0.25, 0.3) is 0 Å². The molecule has 0 saturated carbocycles. The molecule has 0 aromatic carbocycles. The lowest BCUT2D eigenvalue weighted by Crippen LogP contribution is -2.39. The largest absolute Gasteiger partial charge is 0.389 e. The fourth-order valence-electron chi connectivity index (χ4n) is 4.63. The first-order chi connectivity index (χ1) is 14.8. The minimum atomic E-state index is -0.326. The summed E-state index contributed by atoms with van der Waals surface area (Å²) in [5.41, 5.74) is 4.43. The Bertz CT molecular complexity index is 571. The molecule has 0 heterocycles. The van der Waals surface area contributed by atoms with Crippen LogP contribution in [0.3, 0.4) is 0 Å². The summed E-state index contributed by atoms with van der Waals surface area (Å²) in [6, 6.07) is 0. The predicted molar refractivity (Wildman–Crippen MR) is 136 cm³/mol. The van der Waals surface area contributed by atoms with Gasteiger partial charge in [-0.1, -0.05) is 69.9 Å². The van der Waals surface area contributed by atoms with Crippen LogP contribution in [0.2, 0.25) is 0 Å². The summed E-state index contributed by atoms with van der Waals surface area (Å²) in [5.74, 6) is 1.34. The third kappa shape index (κ3) is 11.0. The van der Waals surface area contributed by atoms with Gasteiger partial charge in [-0.2, -0.15) is 0 Å². The third-order valence-corrected chi connectivity index (χ3v) is 7.21. The fraction of sp³-hybridized carbons (Fsp3) is 0.793. The average molecular weight is 433 g/mol. The molecule has 0 spiro atoms. The van der Waals surface area contributed by atoms with Crippen LogP contribution in [0.5, 0.6) is 0 Å². The summed E-state index contributed by atoms with van der Waals surface area (Å²) in [7, 11) is 0. The monoisotopic (exact) mass is 432 g/mol. The predicted octanol–water partition coefficient (Wildman–Crippen LogP) is 8.41. The van der Waals surface area contributed by atoms with Crippen LogP contribution in [0.4, 0.5) is 0 Å². The Kier molecular flexibility index (Phi) is 14.4. The van der Waals surface area contributed by atoms with E-state index in [4.69, 9.17) is 4.74 Å². The van der Waals surface area contributed by atoms with E-state index in [2.05, 4.69) is 66.7 Å². The topological polar surface area (TPSA) is 29.5 Å². The standard InChI is InChI=1S/C29H52O2/c1-8-10-11-14-22(3)15-12-16-23(4)17-13-18-24(5)19-20-27-21-28(30)25(6)26(7)29(27)31-9-2/h14,17,21,24-26,28-30H,8-13,15-16,18-20H2,1-7H3/b22-14+,23-17+. The number of ether oxygens (including phenoxy) is 1. The lowest BCUT2D eigenvalue weighted by molar-refractivity contribution is -0.00630. The van der Waals surface area contributed by atoms with E-state index in [0.717, 1.165) is 13.0 Å². The second-order valence-corrected chi connectivity index (χ2v) is 10.1. The smallest absolute Gasteiger partial charge is 0.0814 e. The maximum atomic E-state index is 10.4. The van der Waals surface area contributed by atoms with Crippen LogP contribution in [0.1, 0.15) is 113 Å². The van der Waals surface area contributed by atoms with Crippen LogP contribution in [0.15, 0.2) is 34.9 Å². The number of aliphatic hydroxyl groups excluding tert-OH is 1. The molecule has 1 rings (SSSR count). The Hall–Kier alpha value is -0.860. The van der Waals surface area contributed by atoms with E-state index in [0.29, 0.717) is 11.8 Å². The van der Waals surface area contributed by atoms with E-state index in [1.165, 1.54) is 63.4 Å². The number of hydrogen-bond donors (Lipinski definition) is 1. The van der Waals surface area contributed by atoms with Gasteiger partial charge >= 0.3 is 0 Å². The van der Waals surface area contributed by atoms with Crippen LogP contribution >= 0.6 is 0 Å². The van der Waals surface area contributed by atoms with Gasteiger partial charge in [0.1, 0.15) is 0 Å². The van der Waals surface area contributed by atoms with Gasteiger partial charge in [-0.05, 0) is 95.5 Å². The Morgan fingerprint density at radius 1 is 1.00 bits per heavy atom. The SMILES string of the molecule is CCCC/C=C(\C)CCC/C(C)=C/CCC(C)CCC1=CC(O)C(C)C(C)C1OCC. The summed E-state index contributed by atoms with van der Waals surface area (Å²) in [4.78, 5) is 0. The highest BCUT2D eigenvalue weighted by molar-refractivity contribution is 5.18. The molecule has 0 fully saturated rings. The zero-order valence-corrected chi connectivity index (χ0v) is 21.8. The molecule has 0 aromatic rings. The van der Waals surface area contributed by atoms with Crippen LogP contribution in [0.25, 0.3) is 0 Å². The Morgan fingerprint density at radius 3 is 2.26 bits per heavy atom. The zero-order valence-electron chi connectivity index (χ0n) is 21.8. The molecule has 1 aliphatic rings. The van der Waals surface area contributed by atoms with Gasteiger partial charge in [0, 0.05) is 6.61 Å². The second-order valence-electron chi connectivity index (χ2n) is 10.1. The third-order valence-electron chi connectivity index (χ3n) is 7.21. The Morgan fingerprint density at radius 2 is 1.65 bits per heavy atom. The summed E-state index contributed by atoms with van der Waals surface area (Å²) >= 11 is 0. The molecule has 1 aliphatic carbocycles. The Balaban J connectivity index is 2.35. The molecule has 0 aliphatic heterocycles. The van der Waals surface area contributed by atoms with Crippen molar-refractivity contribution in [3.05, 3.63) is 34.9 Å². The molecule has 2 nitrogen and oxygen atoms in total. The summed E-state index contributed by atoms with van der Waals surface area (Å²) in [6.07, 6.45) is 19.1. The first-order valence-electron chi connectivity index (χ1n) is 13.1. The average Bonchev–Trinajstić information content (AvgIpc) is 2.73. The van der Waals surface area contributed by atoms with Crippen molar-refractivity contribution < 1.29 is 9.84 Å². The van der Waals surface area contributed by atoms with E-state index in [1.807, 2.05) is 0 Å². The maximum Gasteiger partial charge on any atom is 0.0814 e. The lowest BCUT2D eigenvalue weighted by atomic mass is 9.76. The van der Waals surface area contributed by atoms with Crippen LogP contribution in [-0.4, -0.2) is 23.9 Å². The molecule has 1 N–H and O–H groups in total. The van der Waals surface area contributed by atoms with Crippen molar-refractivity contribution in [1.29, 1.82) is 0 Å². The van der Waals surface area contributed by atoms with Crippen molar-refractivity contribution in [2.24, 2.45) is 17.8 Å². The number of unbranched alkanes of at least 4 members (excludes halogenated alkanes) is 2. The van der Waals surface area contributed by atoms with Crippen molar-refractivity contribution >= 4 is 0 Å². The number of aliphatic hydroxyl groups is 1. The van der Waals surface area contributed by atoms with Gasteiger partial charge in [-0.3, -0.25) is 0 Å². The molecule has 2 heteroatoms. The fourth-order valence-corrected chi connectivity index (χ4v) is 4.63. The first-order valence-corrected chi connectivity index (χ1v) is 13.1. The van der Waals surface area contributed by atoms with Crippen molar-refractivity contribution in [2.45, 2.75) is 125 Å². The summed E-state index contributed by atoms with van der Waals surface area (Å²) in [6.45, 7) is 16.4. The highest BCUT2D eigenvalue weighted by Crippen LogP contribution is 2.35. The quantitative estimate of drug-likeness (QED) is 0.208. The number of rotatable bonds is 15. The molecule has 5 unspecified atom stereocenters. The lowest BCUT2D eigenvalue weighted by Gasteiger charge is -2.37. The molecule has 5 atom stereocenters. The number of hydrogen-bond acceptors (Lipinski definition) is 2. The Labute approximate surface area is 194 Å². The van der Waals surface area contributed by atoms with Crippen LogP contribution in [0, 0.1) is 17.8 Å². The molecule has 0 radical (unpaired) electrons. The first kappa shape index (κ1) is 28.2. The minimum absolute atomic E-state index is 0.178. The number of allylic oxidation sites excluding steroid dienone is 4. The molecule has 0 bridgehead atoms. The van der Waals surface area contributed by atoms with Crippen molar-refractivity contribution in [3.8, 4) is 0 Å². The van der Waals surface area contributed by atoms with Crippen molar-refractivity contribution in [1.82, 2.24) is 0 Å². The van der Waals surface area contributed by atoms with E-state index < -0.39 is 0 Å². The van der Waals surface area contributed by atoms with Gasteiger partial charge in [-0.15, -0.1) is 0 Å². The molecule has 180 valence electrons. The van der Waals surface area contributed by atoms with E-state index in [1.54, 1.807) is 11.1 Å². The molecule has 0 aromatic heterocycles. The maximum absolute atomic E-state index is 10.4. The van der Waals surface area contributed by atoms with Crippen molar-refractivity contribution in [2.75, 3.05) is 6.61 Å². The zero-order chi connectivity index (χ0) is 23.2. The normalized spacial score (nSPS) is 26.1. The highest BCUT2D eigenvalue weighted by Gasteiger charge is 2.34. The molecule has 0 saturated heterocycles. The van der Waals surface area contributed by atoms with Gasteiger partial charge < -0.3 is 9.84 Å². The molecular formula is C29H52O2. The van der Waals surface area contributed by atoms with Gasteiger partial charge in [0.15, 0.2) is 0 Å². The second kappa shape index (κ2) is 15.9. The van der Waals surface area contributed by atoms with Crippen LogP contribution in [-0.2, 0) is 4.74 Å². The van der Waals surface area contributed by atoms with E-state index in [9.17, 15) is 5.11 Å². The van der Waals surface area contributed by atoms with Gasteiger partial charge in [0.2, 0.25) is 0 Å². The van der Waals surface area contributed by atoms with Gasteiger partial charge in [0.05, 0.1) is 12.2 Å². The van der Waals surface area contributed by atoms with E-state index in [-0.39, 0.29) is 18.1 Å². The highest BCUT2D eigenvalue weighted by atomic mass is 16.5. The summed E-state index contributed by atoms with van der Waals surface area (Å²) in [5, 5.41) is 10.4. The summed E-state index contributed by atoms with van der Waals surface area (Å²) < 4.78 is 6.06. The molecule has 0 amide bonds. The molecular weight excluding hydrogens is 380 g/mol.